The van der Waals surface area contributed by atoms with Crippen molar-refractivity contribution < 1.29 is 18.7 Å². The molecule has 5 heteroatoms. The van der Waals surface area contributed by atoms with Crippen molar-refractivity contribution in [2.45, 2.75) is 63.0 Å². The molecule has 98 valence electrons. The van der Waals surface area contributed by atoms with Gasteiger partial charge >= 0.3 is 0 Å². The van der Waals surface area contributed by atoms with Crippen molar-refractivity contribution in [3.63, 3.8) is 0 Å². The van der Waals surface area contributed by atoms with Gasteiger partial charge in [-0.15, -0.1) is 0 Å². The third-order valence-corrected chi connectivity index (χ3v) is 3.82. The van der Waals surface area contributed by atoms with Gasteiger partial charge < -0.3 is 10.4 Å². The first-order chi connectivity index (χ1) is 7.96. The number of halogens is 2. The second-order valence-corrected chi connectivity index (χ2v) is 5.31. The Morgan fingerprint density at radius 3 is 2.35 bits per heavy atom. The van der Waals surface area contributed by atoms with Gasteiger partial charge in [0.1, 0.15) is 0 Å². The molecule has 0 aromatic rings. The highest BCUT2D eigenvalue weighted by Gasteiger charge is 2.42. The summed E-state index contributed by atoms with van der Waals surface area (Å²) in [6.45, 7) is 0. The van der Waals surface area contributed by atoms with Gasteiger partial charge in [0.05, 0.1) is 6.10 Å². The van der Waals surface area contributed by atoms with Gasteiger partial charge in [-0.25, -0.2) is 8.78 Å². The molecule has 0 aromatic carbocycles. The highest BCUT2D eigenvalue weighted by molar-refractivity contribution is 5.79. The van der Waals surface area contributed by atoms with Crippen molar-refractivity contribution in [1.82, 2.24) is 5.32 Å². The molecule has 2 fully saturated rings. The number of carbonyl (C=O) groups is 1. The zero-order valence-corrected chi connectivity index (χ0v) is 9.79. The normalized spacial score (nSPS) is 36.8. The maximum absolute atomic E-state index is 13.0. The van der Waals surface area contributed by atoms with Crippen LogP contribution in [0.4, 0.5) is 8.78 Å². The zero-order valence-electron chi connectivity index (χ0n) is 9.79. The van der Waals surface area contributed by atoms with Gasteiger partial charge in [-0.1, -0.05) is 0 Å². The van der Waals surface area contributed by atoms with Crippen molar-refractivity contribution in [1.29, 1.82) is 0 Å². The Labute approximate surface area is 99.6 Å². The molecule has 0 aliphatic heterocycles. The topological polar surface area (TPSA) is 49.3 Å². The molecule has 0 radical (unpaired) electrons. The first-order valence-corrected chi connectivity index (χ1v) is 6.32. The van der Waals surface area contributed by atoms with Crippen LogP contribution < -0.4 is 5.32 Å². The zero-order chi connectivity index (χ0) is 12.5. The van der Waals surface area contributed by atoms with Crippen molar-refractivity contribution in [2.24, 2.45) is 5.92 Å². The van der Waals surface area contributed by atoms with Crippen molar-refractivity contribution >= 4 is 5.91 Å². The first kappa shape index (κ1) is 12.7. The van der Waals surface area contributed by atoms with E-state index in [-0.39, 0.29) is 37.3 Å². The van der Waals surface area contributed by atoms with Crippen molar-refractivity contribution in [3.05, 3.63) is 0 Å². The highest BCUT2D eigenvalue weighted by Crippen LogP contribution is 2.39. The van der Waals surface area contributed by atoms with Gasteiger partial charge in [0.15, 0.2) is 0 Å². The fraction of sp³-hybridized carbons (Fsp3) is 0.917. The molecule has 2 aliphatic rings. The molecule has 2 N–H and O–H groups in total. The van der Waals surface area contributed by atoms with Crippen LogP contribution in [0, 0.1) is 5.92 Å². The highest BCUT2D eigenvalue weighted by atomic mass is 19.3. The van der Waals surface area contributed by atoms with Gasteiger partial charge in [-0.3, -0.25) is 4.79 Å². The monoisotopic (exact) mass is 247 g/mol. The van der Waals surface area contributed by atoms with Gasteiger partial charge in [-0.2, -0.15) is 0 Å². The summed E-state index contributed by atoms with van der Waals surface area (Å²) in [6, 6.07) is 0.0557. The lowest BCUT2D eigenvalue weighted by molar-refractivity contribution is -0.126. The lowest BCUT2D eigenvalue weighted by Gasteiger charge is -2.27. The first-order valence-electron chi connectivity index (χ1n) is 6.32. The average Bonchev–Trinajstić information content (AvgIpc) is 2.62. The van der Waals surface area contributed by atoms with E-state index in [0.717, 1.165) is 12.8 Å². The molecule has 0 aromatic heterocycles. The standard InChI is InChI=1S/C12H19F2NO2/c13-12(14)6-5-8(7-12)11(17)15-9-1-3-10(16)4-2-9/h8-10,16H,1-7H2,(H,15,17). The summed E-state index contributed by atoms with van der Waals surface area (Å²) in [5.74, 6) is -3.43. The van der Waals surface area contributed by atoms with E-state index in [2.05, 4.69) is 5.32 Å². The molecule has 1 atom stereocenters. The summed E-state index contributed by atoms with van der Waals surface area (Å²) in [5, 5.41) is 12.2. The predicted molar refractivity (Wildman–Crippen MR) is 58.7 cm³/mol. The van der Waals surface area contributed by atoms with E-state index in [0.29, 0.717) is 12.8 Å². The van der Waals surface area contributed by atoms with E-state index < -0.39 is 11.8 Å². The van der Waals surface area contributed by atoms with E-state index in [1.54, 1.807) is 0 Å². The molecule has 0 spiro atoms. The van der Waals surface area contributed by atoms with E-state index in [1.165, 1.54) is 0 Å². The molecule has 2 aliphatic carbocycles. The fourth-order valence-corrected chi connectivity index (χ4v) is 2.71. The lowest BCUT2D eigenvalue weighted by Crippen LogP contribution is -2.41. The summed E-state index contributed by atoms with van der Waals surface area (Å²) >= 11 is 0. The van der Waals surface area contributed by atoms with Gasteiger partial charge in [0.25, 0.3) is 0 Å². The van der Waals surface area contributed by atoms with E-state index >= 15 is 0 Å². The molecular weight excluding hydrogens is 228 g/mol. The van der Waals surface area contributed by atoms with Crippen molar-refractivity contribution in [2.75, 3.05) is 0 Å². The third kappa shape index (κ3) is 3.37. The Morgan fingerprint density at radius 2 is 1.82 bits per heavy atom. The molecule has 0 heterocycles. The molecule has 3 nitrogen and oxygen atoms in total. The Kier molecular flexibility index (Phi) is 3.66. The SMILES string of the molecule is O=C(NC1CCC(O)CC1)C1CCC(F)(F)C1. The van der Waals surface area contributed by atoms with Crippen LogP contribution in [0.2, 0.25) is 0 Å². The second kappa shape index (κ2) is 4.88. The fourth-order valence-electron chi connectivity index (χ4n) is 2.71. The lowest BCUT2D eigenvalue weighted by atomic mass is 9.92. The second-order valence-electron chi connectivity index (χ2n) is 5.31. The largest absolute Gasteiger partial charge is 0.393 e. The number of amides is 1. The van der Waals surface area contributed by atoms with Crippen LogP contribution >= 0.6 is 0 Å². The van der Waals surface area contributed by atoms with Crippen LogP contribution in [0.15, 0.2) is 0 Å². The number of aliphatic hydroxyl groups excluding tert-OH is 1. The number of hydrogen-bond acceptors (Lipinski definition) is 2. The van der Waals surface area contributed by atoms with Crippen LogP contribution in [0.25, 0.3) is 0 Å². The smallest absolute Gasteiger partial charge is 0.248 e. The summed E-state index contributed by atoms with van der Waals surface area (Å²) in [5.41, 5.74) is 0. The molecule has 17 heavy (non-hydrogen) atoms. The van der Waals surface area contributed by atoms with Gasteiger partial charge in [0.2, 0.25) is 11.8 Å². The average molecular weight is 247 g/mol. The predicted octanol–water partition coefficient (Wildman–Crippen LogP) is 1.84. The van der Waals surface area contributed by atoms with E-state index in [9.17, 15) is 18.7 Å². The van der Waals surface area contributed by atoms with Gasteiger partial charge in [0, 0.05) is 24.8 Å². The quantitative estimate of drug-likeness (QED) is 0.782. The van der Waals surface area contributed by atoms with E-state index in [4.69, 9.17) is 0 Å². The Morgan fingerprint density at radius 1 is 1.18 bits per heavy atom. The molecule has 2 saturated carbocycles. The van der Waals surface area contributed by atoms with Crippen LogP contribution in [0.1, 0.15) is 44.9 Å². The molecule has 1 unspecified atom stereocenters. The van der Waals surface area contributed by atoms with Crippen LogP contribution in [-0.2, 0) is 4.79 Å². The number of carbonyl (C=O) groups excluding carboxylic acids is 1. The number of nitrogens with one attached hydrogen (secondary N) is 1. The Bertz CT molecular complexity index is 288. The molecule has 1 amide bonds. The number of alkyl halides is 2. The maximum Gasteiger partial charge on any atom is 0.248 e. The minimum Gasteiger partial charge on any atom is -0.393 e. The summed E-state index contributed by atoms with van der Waals surface area (Å²) in [6.07, 6.45) is 2.40. The minimum absolute atomic E-state index is 0.0557. The van der Waals surface area contributed by atoms with Crippen LogP contribution in [-0.4, -0.2) is 29.1 Å². The summed E-state index contributed by atoms with van der Waals surface area (Å²) < 4.78 is 25.9. The summed E-state index contributed by atoms with van der Waals surface area (Å²) in [7, 11) is 0. The van der Waals surface area contributed by atoms with Crippen LogP contribution in [0.3, 0.4) is 0 Å². The van der Waals surface area contributed by atoms with Crippen LogP contribution in [0.5, 0.6) is 0 Å². The number of hydrogen-bond donors (Lipinski definition) is 2. The number of aliphatic hydroxyl groups is 1. The van der Waals surface area contributed by atoms with E-state index in [1.807, 2.05) is 0 Å². The maximum atomic E-state index is 13.0. The minimum atomic E-state index is -2.66. The molecule has 2 rings (SSSR count). The van der Waals surface area contributed by atoms with Crippen molar-refractivity contribution in [3.8, 4) is 0 Å². The number of rotatable bonds is 2. The third-order valence-electron chi connectivity index (χ3n) is 3.82. The molecular formula is C12H19F2NO2. The molecule has 0 saturated heterocycles. The van der Waals surface area contributed by atoms with Gasteiger partial charge in [-0.05, 0) is 32.1 Å². The molecule has 0 bridgehead atoms. The summed E-state index contributed by atoms with van der Waals surface area (Å²) in [4.78, 5) is 11.8. The Balaban J connectivity index is 1.78. The Hall–Kier alpha value is -0.710.